The summed E-state index contributed by atoms with van der Waals surface area (Å²) in [7, 11) is 0. The highest BCUT2D eigenvalue weighted by Crippen LogP contribution is 2.32. The van der Waals surface area contributed by atoms with E-state index in [0.29, 0.717) is 16.5 Å². The maximum atomic E-state index is 12.3. The molecule has 2 aromatic heterocycles. The minimum absolute atomic E-state index is 0.0145. The number of β-amino-alcohol motifs (C(OH)–C–C–N with tert-alkyl or cyclic N) is 1. The second-order valence-electron chi connectivity index (χ2n) is 5.71. The molecule has 1 saturated heterocycles. The monoisotopic (exact) mass is 393 g/mol. The van der Waals surface area contributed by atoms with E-state index >= 15 is 0 Å². The predicted molar refractivity (Wildman–Crippen MR) is 87.9 cm³/mol. The van der Waals surface area contributed by atoms with E-state index in [-0.39, 0.29) is 24.4 Å². The molecule has 3 aromatic rings. The lowest BCUT2D eigenvalue weighted by Gasteiger charge is -2.19. The zero-order valence-corrected chi connectivity index (χ0v) is 13.8. The zero-order valence-electron chi connectivity index (χ0n) is 12.2. The molecule has 0 spiro atoms. The molecule has 24 heavy (non-hydrogen) atoms. The molecule has 124 valence electrons. The highest BCUT2D eigenvalue weighted by atomic mass is 79.9. The van der Waals surface area contributed by atoms with Crippen LogP contribution in [0, 0.1) is 0 Å². The van der Waals surface area contributed by atoms with E-state index in [9.17, 15) is 19.8 Å². The van der Waals surface area contributed by atoms with Gasteiger partial charge in [-0.1, -0.05) is 15.9 Å². The van der Waals surface area contributed by atoms with Crippen molar-refractivity contribution >= 4 is 44.1 Å². The Morgan fingerprint density at radius 2 is 2.25 bits per heavy atom. The van der Waals surface area contributed by atoms with Crippen LogP contribution in [-0.2, 0) is 0 Å². The maximum absolute atomic E-state index is 12.3. The van der Waals surface area contributed by atoms with Gasteiger partial charge in [0.1, 0.15) is 16.9 Å². The first kappa shape index (κ1) is 15.2. The predicted octanol–water partition coefficient (Wildman–Crippen LogP) is 2.22. The summed E-state index contributed by atoms with van der Waals surface area (Å²) in [4.78, 5) is 31.8. The van der Waals surface area contributed by atoms with Gasteiger partial charge in [-0.25, -0.2) is 9.78 Å². The van der Waals surface area contributed by atoms with Gasteiger partial charge in [-0.2, -0.15) is 0 Å². The number of aromatic amines is 1. The van der Waals surface area contributed by atoms with Crippen LogP contribution < -0.4 is 5.56 Å². The number of hydrogen-bond acceptors (Lipinski definition) is 5. The summed E-state index contributed by atoms with van der Waals surface area (Å²) >= 11 is 3.37. The Morgan fingerprint density at radius 1 is 1.46 bits per heavy atom. The first-order valence-corrected chi connectivity index (χ1v) is 8.03. The minimum atomic E-state index is -1.17. The Balaban J connectivity index is 1.94. The van der Waals surface area contributed by atoms with Gasteiger partial charge in [0.2, 0.25) is 5.58 Å². The van der Waals surface area contributed by atoms with Gasteiger partial charge in [-0.3, -0.25) is 9.69 Å². The molecule has 3 heterocycles. The number of benzene rings is 1. The Kier molecular flexibility index (Phi) is 3.36. The van der Waals surface area contributed by atoms with Crippen LogP contribution in [-0.4, -0.2) is 43.8 Å². The molecular weight excluding hydrogens is 382 g/mol. The van der Waals surface area contributed by atoms with Crippen molar-refractivity contribution in [3.63, 3.8) is 0 Å². The summed E-state index contributed by atoms with van der Waals surface area (Å²) in [6.07, 6.45) is -1.78. The number of rotatable bonds is 1. The lowest BCUT2D eigenvalue weighted by molar-refractivity contribution is 0.130. The average Bonchev–Trinajstić information content (AvgIpc) is 3.08. The van der Waals surface area contributed by atoms with E-state index in [2.05, 4.69) is 25.9 Å². The van der Waals surface area contributed by atoms with Gasteiger partial charge in [-0.15, -0.1) is 0 Å². The third-order valence-corrected chi connectivity index (χ3v) is 4.64. The van der Waals surface area contributed by atoms with Gasteiger partial charge in [0, 0.05) is 16.3 Å². The van der Waals surface area contributed by atoms with E-state index < -0.39 is 23.8 Å². The van der Waals surface area contributed by atoms with Crippen LogP contribution in [0.3, 0.4) is 0 Å². The third-order valence-electron chi connectivity index (χ3n) is 4.14. The number of fused-ring (bicyclic) bond motifs is 3. The fraction of sp³-hybridized carbons (Fsp3) is 0.267. The second kappa shape index (κ2) is 5.32. The summed E-state index contributed by atoms with van der Waals surface area (Å²) in [5.41, 5.74) is 0.503. The standard InChI is InChI=1S/C15H12BrN3O5/c16-6-1-2-10-8(3-6)11-12(24-10)14(21)18-13(17-11)9-4-7(20)5-19(9)15(22)23/h1-3,7,9,20H,4-5H2,(H,22,23)(H,17,18,21)/t7-,9+/m1/s1. The number of hydrogen-bond donors (Lipinski definition) is 3. The highest BCUT2D eigenvalue weighted by molar-refractivity contribution is 9.10. The summed E-state index contributed by atoms with van der Waals surface area (Å²) in [6, 6.07) is 4.60. The van der Waals surface area contributed by atoms with Crippen molar-refractivity contribution < 1.29 is 19.4 Å². The molecule has 0 unspecified atom stereocenters. The van der Waals surface area contributed by atoms with E-state index in [1.165, 1.54) is 0 Å². The van der Waals surface area contributed by atoms with Crippen molar-refractivity contribution in [2.24, 2.45) is 0 Å². The Morgan fingerprint density at radius 3 is 3.00 bits per heavy atom. The minimum Gasteiger partial charge on any atom is -0.465 e. The quantitative estimate of drug-likeness (QED) is 0.582. The average molecular weight is 394 g/mol. The molecule has 4 rings (SSSR count). The number of carbonyl (C=O) groups is 1. The number of aliphatic hydroxyl groups is 1. The number of halogens is 1. The lowest BCUT2D eigenvalue weighted by Crippen LogP contribution is -2.31. The lowest BCUT2D eigenvalue weighted by atomic mass is 10.2. The molecule has 0 radical (unpaired) electrons. The molecule has 1 fully saturated rings. The summed E-state index contributed by atoms with van der Waals surface area (Å²) in [5.74, 6) is 0.203. The van der Waals surface area contributed by atoms with Gasteiger partial charge in [0.25, 0.3) is 5.56 Å². The highest BCUT2D eigenvalue weighted by Gasteiger charge is 2.37. The molecular formula is C15H12BrN3O5. The molecule has 1 aliphatic rings. The Hall–Kier alpha value is -2.39. The molecule has 0 saturated carbocycles. The Bertz CT molecular complexity index is 1030. The van der Waals surface area contributed by atoms with E-state index in [1.807, 2.05) is 0 Å². The van der Waals surface area contributed by atoms with Crippen molar-refractivity contribution in [1.82, 2.24) is 14.9 Å². The van der Waals surface area contributed by atoms with Gasteiger partial charge in [0.05, 0.1) is 18.7 Å². The first-order valence-electron chi connectivity index (χ1n) is 7.23. The van der Waals surface area contributed by atoms with Crippen LogP contribution in [0.15, 0.2) is 31.9 Å². The number of aliphatic hydroxyl groups excluding tert-OH is 1. The molecule has 9 heteroatoms. The topological polar surface area (TPSA) is 120 Å². The van der Waals surface area contributed by atoms with Crippen LogP contribution in [0.25, 0.3) is 22.1 Å². The number of aromatic nitrogens is 2. The maximum Gasteiger partial charge on any atom is 0.408 e. The molecule has 1 aliphatic heterocycles. The molecule has 8 nitrogen and oxygen atoms in total. The molecule has 2 atom stereocenters. The van der Waals surface area contributed by atoms with Crippen molar-refractivity contribution in [2.45, 2.75) is 18.6 Å². The molecule has 1 amide bonds. The normalized spacial score (nSPS) is 21.0. The zero-order chi connectivity index (χ0) is 17.0. The Labute approximate surface area is 142 Å². The number of H-pyrrole nitrogens is 1. The summed E-state index contributed by atoms with van der Waals surface area (Å²) in [5, 5.41) is 19.7. The fourth-order valence-electron chi connectivity index (χ4n) is 3.09. The van der Waals surface area contributed by atoms with Crippen LogP contribution in [0.2, 0.25) is 0 Å². The van der Waals surface area contributed by atoms with E-state index in [4.69, 9.17) is 4.42 Å². The van der Waals surface area contributed by atoms with Crippen LogP contribution in [0.1, 0.15) is 18.3 Å². The van der Waals surface area contributed by atoms with Crippen molar-refractivity contribution in [1.29, 1.82) is 0 Å². The largest absolute Gasteiger partial charge is 0.465 e. The number of likely N-dealkylation sites (tertiary alicyclic amines) is 1. The van der Waals surface area contributed by atoms with Gasteiger partial charge >= 0.3 is 6.09 Å². The number of nitrogens with zero attached hydrogens (tertiary/aromatic N) is 2. The summed E-state index contributed by atoms with van der Waals surface area (Å²) < 4.78 is 6.35. The van der Waals surface area contributed by atoms with Crippen molar-refractivity contribution in [2.75, 3.05) is 6.54 Å². The fourth-order valence-corrected chi connectivity index (χ4v) is 3.45. The number of carboxylic acid groups (broad SMARTS) is 1. The van der Waals surface area contributed by atoms with E-state index in [1.54, 1.807) is 18.2 Å². The third kappa shape index (κ3) is 2.28. The van der Waals surface area contributed by atoms with Gasteiger partial charge < -0.3 is 19.6 Å². The van der Waals surface area contributed by atoms with Gasteiger partial charge in [0.15, 0.2) is 0 Å². The SMILES string of the molecule is O=C(O)N1C[C@H](O)C[C@H]1c1nc2c(oc3ccc(Br)cc32)c(=O)[nH]1. The second-order valence-corrected chi connectivity index (χ2v) is 6.63. The van der Waals surface area contributed by atoms with Crippen molar-refractivity contribution in [3.8, 4) is 0 Å². The van der Waals surface area contributed by atoms with Gasteiger partial charge in [-0.05, 0) is 18.2 Å². The number of furan rings is 1. The van der Waals surface area contributed by atoms with E-state index in [0.717, 1.165) is 9.37 Å². The first-order chi connectivity index (χ1) is 11.4. The van der Waals surface area contributed by atoms with Crippen LogP contribution >= 0.6 is 15.9 Å². The van der Waals surface area contributed by atoms with Crippen LogP contribution in [0.4, 0.5) is 4.79 Å². The van der Waals surface area contributed by atoms with Crippen LogP contribution in [0.5, 0.6) is 0 Å². The molecule has 0 bridgehead atoms. The molecule has 3 N–H and O–H groups in total. The summed E-state index contributed by atoms with van der Waals surface area (Å²) in [6.45, 7) is -0.0145. The molecule has 0 aliphatic carbocycles. The number of amides is 1. The smallest absolute Gasteiger partial charge is 0.408 e. The van der Waals surface area contributed by atoms with Crippen molar-refractivity contribution in [3.05, 3.63) is 38.9 Å². The molecule has 1 aromatic carbocycles. The number of nitrogens with one attached hydrogen (secondary N) is 1.